The fourth-order valence-corrected chi connectivity index (χ4v) is 3.98. The standard InChI is InChI=1S/C17H19NO3S/c1-13-6-8-14(9-7-13)12-22(19,20)18-16-10-15-4-2-3-5-17(15)21-11-16/h2-9,16,18H,10-12H2,1H3. The van der Waals surface area contributed by atoms with Crippen LogP contribution in [0.4, 0.5) is 0 Å². The topological polar surface area (TPSA) is 55.4 Å². The maximum absolute atomic E-state index is 12.3. The summed E-state index contributed by atoms with van der Waals surface area (Å²) in [6, 6.07) is 15.1. The summed E-state index contributed by atoms with van der Waals surface area (Å²) in [6.45, 7) is 2.34. The molecule has 0 aliphatic carbocycles. The summed E-state index contributed by atoms with van der Waals surface area (Å²) in [5.41, 5.74) is 2.94. The molecule has 0 saturated heterocycles. The molecule has 116 valence electrons. The molecule has 3 rings (SSSR count). The number of aryl methyl sites for hydroxylation is 1. The molecule has 0 saturated carbocycles. The fourth-order valence-electron chi connectivity index (χ4n) is 2.60. The fraction of sp³-hybridized carbons (Fsp3) is 0.294. The Bertz CT molecular complexity index is 754. The van der Waals surface area contributed by atoms with Crippen LogP contribution in [0.1, 0.15) is 16.7 Å². The Morgan fingerprint density at radius 2 is 1.86 bits per heavy atom. The van der Waals surface area contributed by atoms with Gasteiger partial charge >= 0.3 is 0 Å². The van der Waals surface area contributed by atoms with Gasteiger partial charge in [0.15, 0.2) is 0 Å². The minimum absolute atomic E-state index is 0.00851. The van der Waals surface area contributed by atoms with E-state index in [0.29, 0.717) is 13.0 Å². The molecule has 1 unspecified atom stereocenters. The highest BCUT2D eigenvalue weighted by Crippen LogP contribution is 2.24. The van der Waals surface area contributed by atoms with Crippen molar-refractivity contribution in [2.24, 2.45) is 0 Å². The molecule has 0 radical (unpaired) electrons. The van der Waals surface area contributed by atoms with Crippen molar-refractivity contribution in [2.75, 3.05) is 6.61 Å². The number of sulfonamides is 1. The van der Waals surface area contributed by atoms with E-state index in [0.717, 1.165) is 22.4 Å². The third-order valence-electron chi connectivity index (χ3n) is 3.70. The third kappa shape index (κ3) is 3.67. The molecule has 5 heteroatoms. The van der Waals surface area contributed by atoms with E-state index in [1.165, 1.54) is 0 Å². The SMILES string of the molecule is Cc1ccc(CS(=O)(=O)NC2COc3ccccc3C2)cc1. The highest BCUT2D eigenvalue weighted by molar-refractivity contribution is 7.88. The second-order valence-corrected chi connectivity index (χ2v) is 7.44. The van der Waals surface area contributed by atoms with Gasteiger partial charge < -0.3 is 4.74 Å². The predicted molar refractivity (Wildman–Crippen MR) is 86.4 cm³/mol. The molecule has 1 heterocycles. The molecule has 1 aliphatic rings. The Kier molecular flexibility index (Phi) is 4.18. The first kappa shape index (κ1) is 15.1. The summed E-state index contributed by atoms with van der Waals surface area (Å²) in [4.78, 5) is 0. The molecule has 0 fully saturated rings. The predicted octanol–water partition coefficient (Wildman–Crippen LogP) is 2.42. The van der Waals surface area contributed by atoms with Crippen LogP contribution in [0.25, 0.3) is 0 Å². The van der Waals surface area contributed by atoms with Crippen LogP contribution in [-0.2, 0) is 22.2 Å². The van der Waals surface area contributed by atoms with E-state index in [9.17, 15) is 8.42 Å². The van der Waals surface area contributed by atoms with Crippen molar-refractivity contribution in [1.29, 1.82) is 0 Å². The zero-order valence-corrected chi connectivity index (χ0v) is 13.3. The van der Waals surface area contributed by atoms with Crippen LogP contribution in [0, 0.1) is 6.92 Å². The van der Waals surface area contributed by atoms with E-state index in [1.807, 2.05) is 55.5 Å². The van der Waals surface area contributed by atoms with Crippen LogP contribution >= 0.6 is 0 Å². The lowest BCUT2D eigenvalue weighted by molar-refractivity contribution is 0.254. The summed E-state index contributed by atoms with van der Waals surface area (Å²) in [5, 5.41) is 0. The first-order chi connectivity index (χ1) is 10.5. The number of hydrogen-bond acceptors (Lipinski definition) is 3. The number of rotatable bonds is 4. The van der Waals surface area contributed by atoms with E-state index < -0.39 is 10.0 Å². The molecule has 0 spiro atoms. The van der Waals surface area contributed by atoms with Gasteiger partial charge in [0.2, 0.25) is 10.0 Å². The third-order valence-corrected chi connectivity index (χ3v) is 5.11. The number of nitrogens with one attached hydrogen (secondary N) is 1. The summed E-state index contributed by atoms with van der Waals surface area (Å²) < 4.78 is 33.0. The van der Waals surface area contributed by atoms with Crippen LogP contribution in [0.2, 0.25) is 0 Å². The Morgan fingerprint density at radius 3 is 2.64 bits per heavy atom. The Labute approximate surface area is 131 Å². The molecule has 4 nitrogen and oxygen atoms in total. The molecular formula is C17H19NO3S. The maximum Gasteiger partial charge on any atom is 0.216 e. The summed E-state index contributed by atoms with van der Waals surface area (Å²) in [7, 11) is -3.38. The normalized spacial score (nSPS) is 17.6. The van der Waals surface area contributed by atoms with Gasteiger partial charge in [-0.15, -0.1) is 0 Å². The average molecular weight is 317 g/mol. The van der Waals surface area contributed by atoms with Gasteiger partial charge in [-0.1, -0.05) is 48.0 Å². The summed E-state index contributed by atoms with van der Waals surface area (Å²) in [6.07, 6.45) is 0.656. The van der Waals surface area contributed by atoms with Gasteiger partial charge in [-0.2, -0.15) is 0 Å². The zero-order valence-electron chi connectivity index (χ0n) is 12.5. The van der Waals surface area contributed by atoms with Crippen LogP contribution in [0.3, 0.4) is 0 Å². The Hall–Kier alpha value is -1.85. The second kappa shape index (κ2) is 6.10. The number of ether oxygens (including phenoxy) is 1. The Morgan fingerprint density at radius 1 is 1.14 bits per heavy atom. The highest BCUT2D eigenvalue weighted by Gasteiger charge is 2.24. The van der Waals surface area contributed by atoms with Crippen molar-refractivity contribution in [3.05, 3.63) is 65.2 Å². The number of para-hydroxylation sites is 1. The highest BCUT2D eigenvalue weighted by atomic mass is 32.2. The largest absolute Gasteiger partial charge is 0.492 e. The molecule has 2 aromatic carbocycles. The monoisotopic (exact) mass is 317 g/mol. The van der Waals surface area contributed by atoms with Gasteiger partial charge in [0.05, 0.1) is 11.8 Å². The van der Waals surface area contributed by atoms with Crippen molar-refractivity contribution >= 4 is 10.0 Å². The quantitative estimate of drug-likeness (QED) is 0.942. The van der Waals surface area contributed by atoms with Crippen LogP contribution < -0.4 is 9.46 Å². The molecule has 0 bridgehead atoms. The van der Waals surface area contributed by atoms with Crippen LogP contribution in [-0.4, -0.2) is 21.1 Å². The average Bonchev–Trinajstić information content (AvgIpc) is 2.49. The maximum atomic E-state index is 12.3. The van der Waals surface area contributed by atoms with Gasteiger partial charge in [0, 0.05) is 0 Å². The van der Waals surface area contributed by atoms with Gasteiger partial charge in [-0.05, 0) is 30.5 Å². The number of benzene rings is 2. The molecule has 0 aromatic heterocycles. The first-order valence-corrected chi connectivity index (χ1v) is 8.93. The molecule has 1 N–H and O–H groups in total. The van der Waals surface area contributed by atoms with E-state index in [-0.39, 0.29) is 11.8 Å². The van der Waals surface area contributed by atoms with Crippen LogP contribution in [0.5, 0.6) is 5.75 Å². The van der Waals surface area contributed by atoms with E-state index in [2.05, 4.69) is 4.72 Å². The Balaban J connectivity index is 1.66. The first-order valence-electron chi connectivity index (χ1n) is 7.28. The van der Waals surface area contributed by atoms with Gasteiger partial charge in [-0.25, -0.2) is 13.1 Å². The lowest BCUT2D eigenvalue weighted by Crippen LogP contribution is -2.43. The second-order valence-electron chi connectivity index (χ2n) is 5.68. The van der Waals surface area contributed by atoms with Crippen molar-refractivity contribution in [1.82, 2.24) is 4.72 Å². The van der Waals surface area contributed by atoms with E-state index >= 15 is 0 Å². The number of hydrogen-bond donors (Lipinski definition) is 1. The molecule has 22 heavy (non-hydrogen) atoms. The molecule has 0 amide bonds. The van der Waals surface area contributed by atoms with Gasteiger partial charge in [0.1, 0.15) is 12.4 Å². The number of fused-ring (bicyclic) bond motifs is 1. The zero-order chi connectivity index (χ0) is 15.6. The van der Waals surface area contributed by atoms with Crippen molar-refractivity contribution in [3.8, 4) is 5.75 Å². The minimum Gasteiger partial charge on any atom is -0.492 e. The lowest BCUT2D eigenvalue weighted by Gasteiger charge is -2.25. The molecule has 2 aromatic rings. The van der Waals surface area contributed by atoms with Crippen molar-refractivity contribution in [3.63, 3.8) is 0 Å². The van der Waals surface area contributed by atoms with E-state index in [1.54, 1.807) is 0 Å². The van der Waals surface area contributed by atoms with E-state index in [4.69, 9.17) is 4.74 Å². The van der Waals surface area contributed by atoms with Crippen LogP contribution in [0.15, 0.2) is 48.5 Å². The van der Waals surface area contributed by atoms with Gasteiger partial charge in [0.25, 0.3) is 0 Å². The molecule has 1 aliphatic heterocycles. The van der Waals surface area contributed by atoms with Crippen molar-refractivity contribution in [2.45, 2.75) is 25.1 Å². The molecule has 1 atom stereocenters. The smallest absolute Gasteiger partial charge is 0.216 e. The lowest BCUT2D eigenvalue weighted by atomic mass is 10.0. The van der Waals surface area contributed by atoms with Gasteiger partial charge in [-0.3, -0.25) is 0 Å². The summed E-state index contributed by atoms with van der Waals surface area (Å²) >= 11 is 0. The summed E-state index contributed by atoms with van der Waals surface area (Å²) in [5.74, 6) is 0.835. The minimum atomic E-state index is -3.38. The molecular weight excluding hydrogens is 298 g/mol. The van der Waals surface area contributed by atoms with Crippen molar-refractivity contribution < 1.29 is 13.2 Å².